The van der Waals surface area contributed by atoms with Crippen molar-refractivity contribution in [1.29, 1.82) is 0 Å². The summed E-state index contributed by atoms with van der Waals surface area (Å²) in [5.41, 5.74) is 5.71. The highest BCUT2D eigenvalue weighted by Crippen LogP contribution is 2.24. The third-order valence-electron chi connectivity index (χ3n) is 2.39. The second kappa shape index (κ2) is 8.15. The molecule has 1 rings (SSSR count). The van der Waals surface area contributed by atoms with E-state index in [0.29, 0.717) is 23.0 Å². The monoisotopic (exact) mass is 335 g/mol. The zero-order valence-electron chi connectivity index (χ0n) is 12.1. The topological polar surface area (TPSA) is 126 Å². The fraction of sp³-hybridized carbons (Fsp3) is 0.636. The molecule has 1 aromatic heterocycles. The first kappa shape index (κ1) is 17.7. The van der Waals surface area contributed by atoms with Gasteiger partial charge in [-0.05, 0) is 12.8 Å². The van der Waals surface area contributed by atoms with Gasteiger partial charge in [0.1, 0.15) is 10.7 Å². The maximum atomic E-state index is 11.9. The summed E-state index contributed by atoms with van der Waals surface area (Å²) in [7, 11) is -3.19. The van der Waals surface area contributed by atoms with Crippen molar-refractivity contribution in [2.75, 3.05) is 36.9 Å². The molecule has 0 aliphatic carbocycles. The van der Waals surface area contributed by atoms with E-state index in [4.69, 9.17) is 5.73 Å². The number of sulfonamides is 1. The zero-order valence-corrected chi connectivity index (χ0v) is 13.7. The summed E-state index contributed by atoms with van der Waals surface area (Å²) in [5, 5.41) is 6.38. The average Bonchev–Trinajstić information content (AvgIpc) is 2.75. The van der Waals surface area contributed by atoms with Crippen LogP contribution in [0.2, 0.25) is 0 Å². The largest absolute Gasteiger partial charge is 0.382 e. The highest BCUT2D eigenvalue weighted by Gasteiger charge is 2.15. The zero-order chi connectivity index (χ0) is 15.9. The number of rotatable bonds is 9. The minimum atomic E-state index is -3.19. The molecule has 0 atom stereocenters. The Morgan fingerprint density at radius 3 is 2.67 bits per heavy atom. The molecule has 5 N–H and O–H groups in total. The third-order valence-corrected chi connectivity index (χ3v) is 4.15. The number of carbonyl (C=O) groups is 1. The number of anilines is 2. The van der Waals surface area contributed by atoms with Crippen LogP contribution in [0.3, 0.4) is 0 Å². The maximum Gasteiger partial charge on any atom is 0.265 e. The Balaban J connectivity index is 2.40. The van der Waals surface area contributed by atoms with Crippen LogP contribution in [-0.2, 0) is 10.0 Å². The van der Waals surface area contributed by atoms with Crippen LogP contribution >= 0.6 is 11.3 Å². The summed E-state index contributed by atoms with van der Waals surface area (Å²) in [6.45, 7) is 3.43. The quantitative estimate of drug-likeness (QED) is 0.478. The van der Waals surface area contributed by atoms with Gasteiger partial charge in [-0.2, -0.15) is 0 Å². The standard InChI is InChI=1S/C11H21N5O3S2/c1-3-5-14-11-16-9(12)8(20-11)10(17)13-6-4-7-15-21(2,18)19/h15H,3-7,12H2,1-2H3,(H,13,17)(H,14,16). The lowest BCUT2D eigenvalue weighted by atomic mass is 10.4. The predicted molar refractivity (Wildman–Crippen MR) is 85.1 cm³/mol. The van der Waals surface area contributed by atoms with Crippen molar-refractivity contribution < 1.29 is 13.2 Å². The van der Waals surface area contributed by atoms with Gasteiger partial charge in [0.25, 0.3) is 5.91 Å². The van der Waals surface area contributed by atoms with E-state index < -0.39 is 10.0 Å². The summed E-state index contributed by atoms with van der Waals surface area (Å²) < 4.78 is 24.1. The molecule has 1 heterocycles. The van der Waals surface area contributed by atoms with Gasteiger partial charge in [-0.15, -0.1) is 0 Å². The lowest BCUT2D eigenvalue weighted by Gasteiger charge is -2.04. The number of amides is 1. The molecule has 1 amide bonds. The number of carbonyl (C=O) groups excluding carboxylic acids is 1. The Morgan fingerprint density at radius 2 is 2.05 bits per heavy atom. The van der Waals surface area contributed by atoms with Crippen LogP contribution in [-0.4, -0.2) is 45.2 Å². The molecular formula is C11H21N5O3S2. The predicted octanol–water partition coefficient (Wildman–Crippen LogP) is 0.216. The van der Waals surface area contributed by atoms with Crippen LogP contribution < -0.4 is 21.1 Å². The van der Waals surface area contributed by atoms with Crippen LogP contribution in [0.15, 0.2) is 0 Å². The number of nitrogens with zero attached hydrogens (tertiary/aromatic N) is 1. The van der Waals surface area contributed by atoms with Crippen LogP contribution in [0.1, 0.15) is 29.4 Å². The first-order valence-electron chi connectivity index (χ1n) is 6.56. The fourth-order valence-electron chi connectivity index (χ4n) is 1.43. The molecule has 0 saturated carbocycles. The lowest BCUT2D eigenvalue weighted by molar-refractivity contribution is 0.0958. The van der Waals surface area contributed by atoms with E-state index >= 15 is 0 Å². The highest BCUT2D eigenvalue weighted by atomic mass is 32.2. The van der Waals surface area contributed by atoms with Crippen LogP contribution in [0, 0.1) is 0 Å². The van der Waals surface area contributed by atoms with Crippen molar-refractivity contribution in [3.63, 3.8) is 0 Å². The number of nitrogens with two attached hydrogens (primary N) is 1. The Morgan fingerprint density at radius 1 is 1.33 bits per heavy atom. The van der Waals surface area contributed by atoms with E-state index in [1.807, 2.05) is 6.92 Å². The smallest absolute Gasteiger partial charge is 0.265 e. The van der Waals surface area contributed by atoms with Gasteiger partial charge in [0.2, 0.25) is 10.0 Å². The molecule has 120 valence electrons. The summed E-state index contributed by atoms with van der Waals surface area (Å²) >= 11 is 1.20. The van der Waals surface area contributed by atoms with Crippen molar-refractivity contribution in [1.82, 2.24) is 15.0 Å². The molecule has 0 saturated heterocycles. The Bertz CT molecular complexity index is 570. The second-order valence-corrected chi connectivity index (χ2v) is 7.27. The van der Waals surface area contributed by atoms with Gasteiger partial charge >= 0.3 is 0 Å². The van der Waals surface area contributed by atoms with Crippen LogP contribution in [0.5, 0.6) is 0 Å². The van der Waals surface area contributed by atoms with Crippen LogP contribution in [0.25, 0.3) is 0 Å². The van der Waals surface area contributed by atoms with Crippen molar-refractivity contribution in [2.24, 2.45) is 0 Å². The Hall–Kier alpha value is -1.39. The molecule has 0 fully saturated rings. The lowest BCUT2D eigenvalue weighted by Crippen LogP contribution is -2.29. The minimum absolute atomic E-state index is 0.199. The molecule has 8 nitrogen and oxygen atoms in total. The molecule has 0 spiro atoms. The third kappa shape index (κ3) is 6.74. The highest BCUT2D eigenvalue weighted by molar-refractivity contribution is 7.88. The van der Waals surface area contributed by atoms with E-state index in [2.05, 4.69) is 20.3 Å². The SMILES string of the molecule is CCCNc1nc(N)c(C(=O)NCCCNS(C)(=O)=O)s1. The molecule has 1 aromatic rings. The number of hydrogen-bond acceptors (Lipinski definition) is 7. The summed E-state index contributed by atoms with van der Waals surface area (Å²) in [6, 6.07) is 0. The molecule has 10 heteroatoms. The van der Waals surface area contributed by atoms with Gasteiger partial charge < -0.3 is 16.4 Å². The molecule has 0 unspecified atom stereocenters. The number of thiazole rings is 1. The number of nitrogens with one attached hydrogen (secondary N) is 3. The number of hydrogen-bond donors (Lipinski definition) is 4. The molecule has 0 bridgehead atoms. The van der Waals surface area contributed by atoms with E-state index in [-0.39, 0.29) is 18.3 Å². The first-order valence-corrected chi connectivity index (χ1v) is 9.27. The molecular weight excluding hydrogens is 314 g/mol. The second-order valence-electron chi connectivity index (χ2n) is 4.44. The van der Waals surface area contributed by atoms with Crippen molar-refractivity contribution in [2.45, 2.75) is 19.8 Å². The van der Waals surface area contributed by atoms with Gasteiger partial charge in [-0.25, -0.2) is 18.1 Å². The number of aromatic nitrogens is 1. The summed E-state index contributed by atoms with van der Waals surface area (Å²) in [4.78, 5) is 16.4. The molecule has 0 aliphatic rings. The van der Waals surface area contributed by atoms with Crippen molar-refractivity contribution >= 4 is 38.2 Å². The van der Waals surface area contributed by atoms with Crippen molar-refractivity contribution in [3.05, 3.63) is 4.88 Å². The average molecular weight is 335 g/mol. The summed E-state index contributed by atoms with van der Waals surface area (Å²) in [5.74, 6) is -0.0979. The summed E-state index contributed by atoms with van der Waals surface area (Å²) in [6.07, 6.45) is 2.54. The normalized spacial score (nSPS) is 11.3. The van der Waals surface area contributed by atoms with Crippen molar-refractivity contribution in [3.8, 4) is 0 Å². The minimum Gasteiger partial charge on any atom is -0.382 e. The van der Waals surface area contributed by atoms with Gasteiger partial charge in [0.05, 0.1) is 6.26 Å². The fourth-order valence-corrected chi connectivity index (χ4v) is 2.77. The van der Waals surface area contributed by atoms with Gasteiger partial charge in [-0.1, -0.05) is 18.3 Å². The van der Waals surface area contributed by atoms with Gasteiger partial charge in [0, 0.05) is 19.6 Å². The molecule has 0 radical (unpaired) electrons. The number of nitrogen functional groups attached to an aromatic ring is 1. The van der Waals surface area contributed by atoms with E-state index in [1.54, 1.807) is 0 Å². The Kier molecular flexibility index (Phi) is 6.85. The van der Waals surface area contributed by atoms with E-state index in [0.717, 1.165) is 19.2 Å². The maximum absolute atomic E-state index is 11.9. The van der Waals surface area contributed by atoms with Crippen LogP contribution in [0.4, 0.5) is 10.9 Å². The van der Waals surface area contributed by atoms with E-state index in [1.165, 1.54) is 11.3 Å². The van der Waals surface area contributed by atoms with Gasteiger partial charge in [-0.3, -0.25) is 4.79 Å². The molecule has 0 aliphatic heterocycles. The Labute approximate surface area is 128 Å². The van der Waals surface area contributed by atoms with E-state index in [9.17, 15) is 13.2 Å². The molecule has 21 heavy (non-hydrogen) atoms. The first-order chi connectivity index (χ1) is 9.83. The van der Waals surface area contributed by atoms with Gasteiger partial charge in [0.15, 0.2) is 5.13 Å². The molecule has 0 aromatic carbocycles.